The van der Waals surface area contributed by atoms with Crippen LogP contribution in [0, 0.1) is 10.1 Å². The van der Waals surface area contributed by atoms with E-state index in [0.717, 1.165) is 5.56 Å². The largest absolute Gasteiger partial charge is 0.497 e. The number of non-ortho nitro benzene ring substituents is 1. The van der Waals surface area contributed by atoms with Crippen molar-refractivity contribution in [3.8, 4) is 5.75 Å². The number of carbonyl (C=O) groups excluding carboxylic acids is 1. The Morgan fingerprint density at radius 3 is 2.57 bits per heavy atom. The summed E-state index contributed by atoms with van der Waals surface area (Å²) in [6, 6.07) is 17.2. The van der Waals surface area contributed by atoms with E-state index in [0.29, 0.717) is 22.8 Å². The molecule has 0 aliphatic carbocycles. The molecule has 0 N–H and O–H groups in total. The molecule has 1 aliphatic heterocycles. The molecule has 1 aromatic heterocycles. The number of carbonyl (C=O) groups is 1. The molecule has 0 fully saturated rings. The van der Waals surface area contributed by atoms with Crippen LogP contribution in [0.1, 0.15) is 33.3 Å². The third-order valence-electron chi connectivity index (χ3n) is 6.12. The molecule has 0 saturated heterocycles. The molecular formula is C26H19ClN2O6. The molecule has 9 heteroatoms. The van der Waals surface area contributed by atoms with Gasteiger partial charge in [0.1, 0.15) is 11.3 Å². The molecule has 1 aliphatic rings. The van der Waals surface area contributed by atoms with E-state index in [2.05, 4.69) is 0 Å². The molecule has 3 aromatic carbocycles. The van der Waals surface area contributed by atoms with Crippen molar-refractivity contribution >= 4 is 34.2 Å². The van der Waals surface area contributed by atoms with E-state index in [9.17, 15) is 19.7 Å². The maximum absolute atomic E-state index is 13.6. The summed E-state index contributed by atoms with van der Waals surface area (Å²) < 4.78 is 11.1. The number of hydrogen-bond donors (Lipinski definition) is 0. The number of methoxy groups -OCH3 is 1. The number of nitro benzene ring substituents is 1. The first kappa shape index (κ1) is 22.6. The highest BCUT2D eigenvalue weighted by Crippen LogP contribution is 2.39. The normalized spacial score (nSPS) is 14.9. The second kappa shape index (κ2) is 8.88. The van der Waals surface area contributed by atoms with Crippen LogP contribution in [0.3, 0.4) is 0 Å². The summed E-state index contributed by atoms with van der Waals surface area (Å²) in [6.07, 6.45) is 0.495. The first-order valence-corrected chi connectivity index (χ1v) is 11.2. The van der Waals surface area contributed by atoms with Crippen LogP contribution in [-0.2, 0) is 6.42 Å². The summed E-state index contributed by atoms with van der Waals surface area (Å²) in [5.41, 5.74) is 1.30. The van der Waals surface area contributed by atoms with Crippen molar-refractivity contribution in [1.82, 2.24) is 4.90 Å². The minimum absolute atomic E-state index is 0.0592. The van der Waals surface area contributed by atoms with Gasteiger partial charge in [0.05, 0.1) is 29.0 Å². The first-order chi connectivity index (χ1) is 16.9. The predicted molar refractivity (Wildman–Crippen MR) is 130 cm³/mol. The third kappa shape index (κ3) is 4.02. The Balaban J connectivity index is 1.63. The molecule has 1 atom stereocenters. The van der Waals surface area contributed by atoms with Crippen LogP contribution in [0.2, 0.25) is 5.02 Å². The zero-order chi connectivity index (χ0) is 24.7. The van der Waals surface area contributed by atoms with E-state index in [4.69, 9.17) is 20.8 Å². The molecule has 0 radical (unpaired) electrons. The SMILES string of the molecule is COc1ccc(CCN2C(=O)c3oc4ccc(Cl)cc4c(=O)c3[C@H]2c2cccc([N+](=O)[O-])c2)cc1. The van der Waals surface area contributed by atoms with Gasteiger partial charge in [-0.05, 0) is 47.9 Å². The Morgan fingerprint density at radius 2 is 1.86 bits per heavy atom. The molecular weight excluding hydrogens is 472 g/mol. The number of benzene rings is 3. The van der Waals surface area contributed by atoms with Gasteiger partial charge in [-0.15, -0.1) is 0 Å². The number of fused-ring (bicyclic) bond motifs is 2. The molecule has 0 unspecified atom stereocenters. The molecule has 2 heterocycles. The number of halogens is 1. The number of rotatable bonds is 6. The van der Waals surface area contributed by atoms with E-state index >= 15 is 0 Å². The van der Waals surface area contributed by atoms with Crippen LogP contribution in [0.15, 0.2) is 75.9 Å². The van der Waals surface area contributed by atoms with Crippen LogP contribution < -0.4 is 10.2 Å². The van der Waals surface area contributed by atoms with Gasteiger partial charge in [0.2, 0.25) is 5.76 Å². The van der Waals surface area contributed by atoms with Crippen molar-refractivity contribution in [3.63, 3.8) is 0 Å². The van der Waals surface area contributed by atoms with Gasteiger partial charge in [-0.2, -0.15) is 0 Å². The van der Waals surface area contributed by atoms with Gasteiger partial charge in [-0.1, -0.05) is 35.9 Å². The number of amides is 1. The number of nitro groups is 1. The fraction of sp³-hybridized carbons (Fsp3) is 0.154. The lowest BCUT2D eigenvalue weighted by atomic mass is 9.98. The topological polar surface area (TPSA) is 103 Å². The third-order valence-corrected chi connectivity index (χ3v) is 6.36. The molecule has 8 nitrogen and oxygen atoms in total. The minimum atomic E-state index is -0.838. The standard InChI is InChI=1S/C26H19ClN2O6/c1-34-19-8-5-15(6-9-19)11-12-28-23(16-3-2-4-18(13-16)29(32)33)22-24(30)20-14-17(27)7-10-21(20)35-25(22)26(28)31/h2-10,13-14,23H,11-12H2,1H3/t23-/m1/s1. The van der Waals surface area contributed by atoms with Crippen LogP contribution in [0.4, 0.5) is 5.69 Å². The Hall–Kier alpha value is -4.17. The summed E-state index contributed by atoms with van der Waals surface area (Å²) >= 11 is 6.11. The zero-order valence-corrected chi connectivity index (χ0v) is 19.3. The Morgan fingerprint density at radius 1 is 1.09 bits per heavy atom. The van der Waals surface area contributed by atoms with E-state index in [1.54, 1.807) is 25.3 Å². The van der Waals surface area contributed by atoms with Crippen molar-refractivity contribution in [2.75, 3.05) is 13.7 Å². The molecule has 0 bridgehead atoms. The summed E-state index contributed by atoms with van der Waals surface area (Å²) in [6.45, 7) is 0.263. The van der Waals surface area contributed by atoms with Crippen LogP contribution in [0.25, 0.3) is 11.0 Å². The lowest BCUT2D eigenvalue weighted by Gasteiger charge is -2.25. The second-order valence-corrected chi connectivity index (χ2v) is 8.60. The van der Waals surface area contributed by atoms with Crippen LogP contribution in [0.5, 0.6) is 5.75 Å². The smallest absolute Gasteiger partial charge is 0.290 e. The van der Waals surface area contributed by atoms with Crippen molar-refractivity contribution in [3.05, 3.63) is 115 Å². The maximum atomic E-state index is 13.6. The van der Waals surface area contributed by atoms with Crippen LogP contribution in [-0.4, -0.2) is 29.4 Å². The molecule has 35 heavy (non-hydrogen) atoms. The minimum Gasteiger partial charge on any atom is -0.497 e. The number of ether oxygens (including phenoxy) is 1. The Labute approximate surface area is 204 Å². The summed E-state index contributed by atoms with van der Waals surface area (Å²) in [7, 11) is 1.58. The van der Waals surface area contributed by atoms with Gasteiger partial charge in [0.25, 0.3) is 11.6 Å². The van der Waals surface area contributed by atoms with E-state index in [-0.39, 0.29) is 40.0 Å². The molecule has 0 spiro atoms. The van der Waals surface area contributed by atoms with Gasteiger partial charge in [-0.25, -0.2) is 0 Å². The van der Waals surface area contributed by atoms with Crippen molar-refractivity contribution < 1.29 is 18.9 Å². The monoisotopic (exact) mass is 490 g/mol. The van der Waals surface area contributed by atoms with E-state index in [1.165, 1.54) is 29.2 Å². The van der Waals surface area contributed by atoms with Crippen molar-refractivity contribution in [1.29, 1.82) is 0 Å². The van der Waals surface area contributed by atoms with E-state index in [1.807, 2.05) is 24.3 Å². The second-order valence-electron chi connectivity index (χ2n) is 8.17. The first-order valence-electron chi connectivity index (χ1n) is 10.8. The van der Waals surface area contributed by atoms with Gasteiger partial charge >= 0.3 is 0 Å². The quantitative estimate of drug-likeness (QED) is 0.273. The van der Waals surface area contributed by atoms with Crippen LogP contribution >= 0.6 is 11.6 Å². The van der Waals surface area contributed by atoms with Gasteiger partial charge in [0.15, 0.2) is 5.43 Å². The molecule has 4 aromatic rings. The molecule has 176 valence electrons. The highest BCUT2D eigenvalue weighted by molar-refractivity contribution is 6.31. The summed E-state index contributed by atoms with van der Waals surface area (Å²) in [5.74, 6) is 0.211. The number of hydrogen-bond acceptors (Lipinski definition) is 6. The van der Waals surface area contributed by atoms with Crippen molar-refractivity contribution in [2.45, 2.75) is 12.5 Å². The average molecular weight is 491 g/mol. The zero-order valence-electron chi connectivity index (χ0n) is 18.6. The lowest BCUT2D eigenvalue weighted by molar-refractivity contribution is -0.384. The Bertz CT molecular complexity index is 1530. The molecule has 1 amide bonds. The Kier molecular flexibility index (Phi) is 5.74. The predicted octanol–water partition coefficient (Wildman–Crippen LogP) is 5.15. The fourth-order valence-corrected chi connectivity index (χ4v) is 4.59. The molecule has 5 rings (SSSR count). The summed E-state index contributed by atoms with van der Waals surface area (Å²) in [5, 5.41) is 12.0. The van der Waals surface area contributed by atoms with Gasteiger partial charge in [0, 0.05) is 23.7 Å². The van der Waals surface area contributed by atoms with Gasteiger partial charge in [-0.3, -0.25) is 19.7 Å². The van der Waals surface area contributed by atoms with E-state index < -0.39 is 16.9 Å². The average Bonchev–Trinajstić information content (AvgIpc) is 3.15. The fourth-order valence-electron chi connectivity index (χ4n) is 4.42. The summed E-state index contributed by atoms with van der Waals surface area (Å²) in [4.78, 5) is 39.5. The maximum Gasteiger partial charge on any atom is 0.290 e. The molecule has 0 saturated carbocycles. The van der Waals surface area contributed by atoms with Crippen molar-refractivity contribution in [2.24, 2.45) is 0 Å². The number of nitrogens with zero attached hydrogens (tertiary/aromatic N) is 2. The highest BCUT2D eigenvalue weighted by Gasteiger charge is 2.42. The van der Waals surface area contributed by atoms with Gasteiger partial charge < -0.3 is 14.1 Å². The highest BCUT2D eigenvalue weighted by atomic mass is 35.5. The lowest BCUT2D eigenvalue weighted by Crippen LogP contribution is -2.31.